The zero-order chi connectivity index (χ0) is 17.0. The molecule has 0 aliphatic carbocycles. The van der Waals surface area contributed by atoms with E-state index >= 15 is 0 Å². The van der Waals surface area contributed by atoms with E-state index in [0.29, 0.717) is 24.1 Å². The Morgan fingerprint density at radius 1 is 1.39 bits per heavy atom. The van der Waals surface area contributed by atoms with Crippen LogP contribution in [-0.2, 0) is 17.9 Å². The lowest BCUT2D eigenvalue weighted by atomic mass is 10.1. The Morgan fingerprint density at radius 2 is 2.13 bits per heavy atom. The van der Waals surface area contributed by atoms with Crippen LogP contribution in [0.3, 0.4) is 0 Å². The Kier molecular flexibility index (Phi) is 5.33. The van der Waals surface area contributed by atoms with E-state index in [1.807, 2.05) is 6.92 Å². The van der Waals surface area contributed by atoms with Gasteiger partial charge in [0.2, 0.25) is 0 Å². The molecule has 1 heterocycles. The summed E-state index contributed by atoms with van der Waals surface area (Å²) >= 11 is 0. The lowest BCUT2D eigenvalue weighted by Crippen LogP contribution is -2.23. The number of nitrogens with one attached hydrogen (secondary N) is 1. The number of carbonyl (C=O) groups excluding carboxylic acids is 1. The summed E-state index contributed by atoms with van der Waals surface area (Å²) in [6.45, 7) is 4.03. The molecule has 0 atom stereocenters. The van der Waals surface area contributed by atoms with Gasteiger partial charge in [0.25, 0.3) is 0 Å². The second kappa shape index (κ2) is 7.23. The number of hydrogen-bond acceptors (Lipinski definition) is 4. The average Bonchev–Trinajstić information content (AvgIpc) is 2.48. The molecule has 0 spiro atoms. The van der Waals surface area contributed by atoms with Gasteiger partial charge in [0, 0.05) is 24.4 Å². The van der Waals surface area contributed by atoms with Crippen LogP contribution in [0.5, 0.6) is 0 Å². The van der Waals surface area contributed by atoms with Crippen molar-refractivity contribution in [1.82, 2.24) is 9.55 Å². The van der Waals surface area contributed by atoms with Crippen molar-refractivity contribution in [2.24, 2.45) is 0 Å². The second-order valence-electron chi connectivity index (χ2n) is 4.97. The van der Waals surface area contributed by atoms with Crippen molar-refractivity contribution in [3.63, 3.8) is 0 Å². The van der Waals surface area contributed by atoms with E-state index in [2.05, 4.69) is 4.98 Å². The van der Waals surface area contributed by atoms with Crippen LogP contribution in [0.15, 0.2) is 24.4 Å². The summed E-state index contributed by atoms with van der Waals surface area (Å²) in [6.07, 6.45) is 1.60. The van der Waals surface area contributed by atoms with Crippen LogP contribution in [0.4, 0.5) is 8.78 Å². The zero-order valence-electron chi connectivity index (χ0n) is 12.9. The lowest BCUT2D eigenvalue weighted by molar-refractivity contribution is 0.0965. The van der Waals surface area contributed by atoms with Gasteiger partial charge in [-0.15, -0.1) is 0 Å². The van der Waals surface area contributed by atoms with Crippen molar-refractivity contribution in [2.75, 3.05) is 6.61 Å². The fraction of sp³-hybridized carbons (Fsp3) is 0.312. The Bertz CT molecular complexity index is 787. The van der Waals surface area contributed by atoms with Crippen LogP contribution < -0.4 is 5.49 Å². The number of rotatable bonds is 6. The highest BCUT2D eigenvalue weighted by molar-refractivity contribution is 5.96. The summed E-state index contributed by atoms with van der Waals surface area (Å²) in [6, 6.07) is 2.84. The van der Waals surface area contributed by atoms with E-state index < -0.39 is 17.4 Å². The number of ether oxygens (including phenoxy) is 1. The standard InChI is InChI=1S/C16H17F2N3O2/c1-3-23-9-11-7-21(10(2)20-16(11)19)8-15(22)13-5-4-12(17)6-14(13)18/h4-7,19H,3,8-9H2,1-2H3. The quantitative estimate of drug-likeness (QED) is 0.831. The summed E-state index contributed by atoms with van der Waals surface area (Å²) in [5, 5.41) is 7.80. The number of halogens is 2. The Hall–Kier alpha value is -2.41. The molecule has 1 aromatic heterocycles. The summed E-state index contributed by atoms with van der Waals surface area (Å²) in [5.74, 6) is -1.68. The summed E-state index contributed by atoms with van der Waals surface area (Å²) in [7, 11) is 0. The zero-order valence-corrected chi connectivity index (χ0v) is 12.9. The highest BCUT2D eigenvalue weighted by Gasteiger charge is 2.14. The van der Waals surface area contributed by atoms with Gasteiger partial charge in [0.05, 0.1) is 18.7 Å². The number of hydrogen-bond donors (Lipinski definition) is 1. The molecular formula is C16H17F2N3O2. The van der Waals surface area contributed by atoms with Crippen LogP contribution in [0.2, 0.25) is 0 Å². The van der Waals surface area contributed by atoms with Crippen molar-refractivity contribution >= 4 is 5.78 Å². The predicted molar refractivity (Wildman–Crippen MR) is 78.8 cm³/mol. The molecule has 0 aliphatic heterocycles. The van der Waals surface area contributed by atoms with Crippen molar-refractivity contribution in [1.29, 1.82) is 5.41 Å². The van der Waals surface area contributed by atoms with Gasteiger partial charge >= 0.3 is 0 Å². The fourth-order valence-corrected chi connectivity index (χ4v) is 2.07. The topological polar surface area (TPSA) is 68.0 Å². The smallest absolute Gasteiger partial charge is 0.185 e. The molecule has 0 saturated heterocycles. The average molecular weight is 321 g/mol. The minimum Gasteiger partial charge on any atom is -0.377 e. The molecular weight excluding hydrogens is 304 g/mol. The lowest BCUT2D eigenvalue weighted by Gasteiger charge is -2.12. The van der Waals surface area contributed by atoms with E-state index in [1.54, 1.807) is 13.1 Å². The molecule has 0 aliphatic rings. The predicted octanol–water partition coefficient (Wildman–Crippen LogP) is 2.37. The largest absolute Gasteiger partial charge is 0.377 e. The van der Waals surface area contributed by atoms with Gasteiger partial charge in [-0.2, -0.15) is 0 Å². The first-order chi connectivity index (χ1) is 10.9. The molecule has 7 heteroatoms. The first-order valence-corrected chi connectivity index (χ1v) is 7.10. The van der Waals surface area contributed by atoms with Crippen molar-refractivity contribution in [2.45, 2.75) is 27.0 Å². The molecule has 122 valence electrons. The molecule has 0 fully saturated rings. The van der Waals surface area contributed by atoms with Gasteiger partial charge in [-0.25, -0.2) is 13.8 Å². The summed E-state index contributed by atoms with van der Waals surface area (Å²) < 4.78 is 33.4. The monoisotopic (exact) mass is 321 g/mol. The second-order valence-corrected chi connectivity index (χ2v) is 4.97. The van der Waals surface area contributed by atoms with Gasteiger partial charge < -0.3 is 9.30 Å². The maximum atomic E-state index is 13.7. The van der Waals surface area contributed by atoms with E-state index in [0.717, 1.165) is 12.1 Å². The third kappa shape index (κ3) is 4.07. The minimum absolute atomic E-state index is 0.0765. The molecule has 5 nitrogen and oxygen atoms in total. The Morgan fingerprint density at radius 3 is 2.78 bits per heavy atom. The van der Waals surface area contributed by atoms with Crippen molar-refractivity contribution in [3.05, 3.63) is 58.5 Å². The van der Waals surface area contributed by atoms with Crippen LogP contribution in [0.25, 0.3) is 0 Å². The number of carbonyl (C=O) groups is 1. The fourth-order valence-electron chi connectivity index (χ4n) is 2.07. The molecule has 2 rings (SSSR count). The molecule has 2 aromatic rings. The highest BCUT2D eigenvalue weighted by Crippen LogP contribution is 2.12. The molecule has 0 radical (unpaired) electrons. The molecule has 23 heavy (non-hydrogen) atoms. The van der Waals surface area contributed by atoms with Crippen LogP contribution in [-0.4, -0.2) is 21.9 Å². The number of nitrogens with zero attached hydrogens (tertiary/aromatic N) is 2. The normalized spacial score (nSPS) is 10.8. The van der Waals surface area contributed by atoms with E-state index in [4.69, 9.17) is 10.1 Å². The molecule has 0 unspecified atom stereocenters. The third-order valence-electron chi connectivity index (χ3n) is 3.31. The number of benzene rings is 1. The van der Waals surface area contributed by atoms with Gasteiger partial charge in [0.1, 0.15) is 17.5 Å². The SMILES string of the molecule is CCOCc1cn(CC(=O)c2ccc(F)cc2F)c(C)nc1=N. The van der Waals surface area contributed by atoms with Gasteiger partial charge in [-0.3, -0.25) is 10.2 Å². The number of ketones is 1. The first kappa shape index (κ1) is 17.0. The van der Waals surface area contributed by atoms with E-state index in [9.17, 15) is 13.6 Å². The van der Waals surface area contributed by atoms with Crippen molar-refractivity contribution < 1.29 is 18.3 Å². The van der Waals surface area contributed by atoms with Crippen LogP contribution in [0, 0.1) is 24.0 Å². The maximum Gasteiger partial charge on any atom is 0.185 e. The minimum atomic E-state index is -0.895. The maximum absolute atomic E-state index is 13.7. The molecule has 1 aromatic carbocycles. The Balaban J connectivity index is 2.28. The Labute approximate surface area is 132 Å². The molecule has 0 saturated carbocycles. The molecule has 1 N–H and O–H groups in total. The summed E-state index contributed by atoms with van der Waals surface area (Å²) in [5.41, 5.74) is 0.428. The number of aromatic nitrogens is 2. The van der Waals surface area contributed by atoms with Gasteiger partial charge in [0.15, 0.2) is 11.3 Å². The molecule has 0 bridgehead atoms. The van der Waals surface area contributed by atoms with Crippen molar-refractivity contribution in [3.8, 4) is 0 Å². The van der Waals surface area contributed by atoms with Crippen LogP contribution in [0.1, 0.15) is 28.7 Å². The third-order valence-corrected chi connectivity index (χ3v) is 3.31. The summed E-state index contributed by atoms with van der Waals surface area (Å²) in [4.78, 5) is 16.3. The highest BCUT2D eigenvalue weighted by atomic mass is 19.1. The van der Waals surface area contributed by atoms with E-state index in [-0.39, 0.29) is 24.2 Å². The van der Waals surface area contributed by atoms with Crippen LogP contribution >= 0.6 is 0 Å². The van der Waals surface area contributed by atoms with Gasteiger partial charge in [-0.05, 0) is 26.0 Å². The first-order valence-electron chi connectivity index (χ1n) is 7.10. The van der Waals surface area contributed by atoms with E-state index in [1.165, 1.54) is 4.57 Å². The van der Waals surface area contributed by atoms with Gasteiger partial charge in [-0.1, -0.05) is 0 Å². The number of Topliss-reactive ketones (excluding diaryl/α,β-unsaturated/α-hetero) is 1. The molecule has 0 amide bonds. The number of aryl methyl sites for hydroxylation is 1.